The first-order valence-corrected chi connectivity index (χ1v) is 10.5. The Morgan fingerprint density at radius 3 is 2.79 bits per heavy atom. The topological polar surface area (TPSA) is 72.8 Å². The number of aliphatic hydroxyl groups is 1. The molecule has 0 spiro atoms. The van der Waals surface area contributed by atoms with Crippen LogP contribution in [0.4, 0.5) is 5.82 Å². The number of rotatable bonds is 7. The number of nitrogens with one attached hydrogen (secondary N) is 2. The maximum Gasteiger partial charge on any atom is 0.191 e. The van der Waals surface area contributed by atoms with Gasteiger partial charge in [0.25, 0.3) is 0 Å². The van der Waals surface area contributed by atoms with Gasteiger partial charge in [0, 0.05) is 25.8 Å². The van der Waals surface area contributed by atoms with Crippen molar-refractivity contribution in [1.82, 2.24) is 15.6 Å². The average molecular weight is 515 g/mol. The van der Waals surface area contributed by atoms with Crippen LogP contribution in [0.1, 0.15) is 37.8 Å². The van der Waals surface area contributed by atoms with E-state index in [0.717, 1.165) is 36.6 Å². The van der Waals surface area contributed by atoms with E-state index in [0.29, 0.717) is 19.0 Å². The Morgan fingerprint density at radius 1 is 1.32 bits per heavy atom. The lowest BCUT2D eigenvalue weighted by Gasteiger charge is -2.24. The van der Waals surface area contributed by atoms with Gasteiger partial charge in [-0.25, -0.2) is 9.98 Å². The molecular weight excluding hydrogens is 485 g/mol. The second kappa shape index (κ2) is 11.0. The van der Waals surface area contributed by atoms with Gasteiger partial charge in [-0.05, 0) is 66.8 Å². The van der Waals surface area contributed by atoms with Gasteiger partial charge in [0.2, 0.25) is 0 Å². The highest BCUT2D eigenvalue weighted by Gasteiger charge is 2.23. The molecule has 1 atom stereocenters. The summed E-state index contributed by atoms with van der Waals surface area (Å²) in [5, 5.41) is 21.1. The van der Waals surface area contributed by atoms with Crippen molar-refractivity contribution in [3.05, 3.63) is 46.3 Å². The molecule has 1 fully saturated rings. The minimum Gasteiger partial charge on any atom is -0.384 e. The van der Waals surface area contributed by atoms with E-state index in [-0.39, 0.29) is 24.0 Å². The summed E-state index contributed by atoms with van der Waals surface area (Å²) in [4.78, 5) is 11.5. The lowest BCUT2D eigenvalue weighted by atomic mass is 9.99. The lowest BCUT2D eigenvalue weighted by molar-refractivity contribution is 0.0621. The number of hydrogen-bond acceptors (Lipinski definition) is 5. The maximum absolute atomic E-state index is 10.7. The predicted molar refractivity (Wildman–Crippen MR) is 128 cm³/mol. The van der Waals surface area contributed by atoms with Crippen LogP contribution in [0.5, 0.6) is 0 Å². The average Bonchev–Trinajstić information content (AvgIpc) is 3.38. The van der Waals surface area contributed by atoms with E-state index < -0.39 is 5.60 Å². The molecule has 1 unspecified atom stereocenters. The fourth-order valence-electron chi connectivity index (χ4n) is 3.12. The lowest BCUT2D eigenvalue weighted by Crippen LogP contribution is -2.44. The van der Waals surface area contributed by atoms with Crippen LogP contribution in [0.15, 0.2) is 40.1 Å². The molecule has 154 valence electrons. The van der Waals surface area contributed by atoms with Crippen molar-refractivity contribution >= 4 is 47.1 Å². The van der Waals surface area contributed by atoms with Gasteiger partial charge in [0.1, 0.15) is 11.4 Å². The van der Waals surface area contributed by atoms with Gasteiger partial charge in [-0.15, -0.1) is 24.0 Å². The van der Waals surface area contributed by atoms with Crippen molar-refractivity contribution in [2.45, 2.75) is 38.8 Å². The first-order valence-electron chi connectivity index (χ1n) is 9.55. The summed E-state index contributed by atoms with van der Waals surface area (Å²) in [5.41, 5.74) is 1.12. The zero-order valence-corrected chi connectivity index (χ0v) is 19.7. The van der Waals surface area contributed by atoms with Crippen molar-refractivity contribution in [2.24, 2.45) is 4.99 Å². The third kappa shape index (κ3) is 6.31. The summed E-state index contributed by atoms with van der Waals surface area (Å²) in [6, 6.07) is 6.08. The second-order valence-corrected chi connectivity index (χ2v) is 7.83. The van der Waals surface area contributed by atoms with Crippen LogP contribution in [0.2, 0.25) is 0 Å². The molecule has 0 radical (unpaired) electrons. The molecule has 2 aromatic rings. The largest absolute Gasteiger partial charge is 0.384 e. The van der Waals surface area contributed by atoms with Crippen molar-refractivity contribution < 1.29 is 5.11 Å². The standard InChI is InChI=1S/C20H29N5OS.HI/c1-3-21-19(24-15-20(2,26)17-7-11-27-14-17)23-13-16-6-8-22-18(12-16)25-9-4-5-10-25;/h6-8,11-12,14,26H,3-5,9-10,13,15H2,1-2H3,(H2,21,23,24);1H. The molecule has 0 amide bonds. The van der Waals surface area contributed by atoms with Gasteiger partial charge in [-0.2, -0.15) is 11.3 Å². The third-order valence-electron chi connectivity index (χ3n) is 4.75. The number of halogens is 1. The summed E-state index contributed by atoms with van der Waals surface area (Å²) in [6.45, 7) is 7.75. The molecule has 0 bridgehead atoms. The van der Waals surface area contributed by atoms with Gasteiger partial charge in [0.15, 0.2) is 5.96 Å². The third-order valence-corrected chi connectivity index (χ3v) is 5.43. The summed E-state index contributed by atoms with van der Waals surface area (Å²) in [5.74, 6) is 1.74. The van der Waals surface area contributed by atoms with E-state index in [1.807, 2.05) is 42.9 Å². The molecule has 6 nitrogen and oxygen atoms in total. The monoisotopic (exact) mass is 515 g/mol. The Bertz CT molecular complexity index is 745. The number of anilines is 1. The van der Waals surface area contributed by atoms with Crippen LogP contribution in [0.3, 0.4) is 0 Å². The molecule has 3 heterocycles. The predicted octanol–water partition coefficient (Wildman–Crippen LogP) is 3.32. The Labute approximate surface area is 188 Å². The minimum absolute atomic E-state index is 0. The number of thiophene rings is 1. The maximum atomic E-state index is 10.7. The molecule has 1 aliphatic rings. The first-order chi connectivity index (χ1) is 13.1. The molecule has 2 aromatic heterocycles. The van der Waals surface area contributed by atoms with E-state index in [1.54, 1.807) is 11.3 Å². The summed E-state index contributed by atoms with van der Waals surface area (Å²) >= 11 is 1.59. The van der Waals surface area contributed by atoms with Gasteiger partial charge < -0.3 is 20.6 Å². The van der Waals surface area contributed by atoms with Crippen molar-refractivity contribution in [1.29, 1.82) is 0 Å². The molecule has 0 aromatic carbocycles. The Morgan fingerprint density at radius 2 is 2.11 bits per heavy atom. The molecule has 1 aliphatic heterocycles. The van der Waals surface area contributed by atoms with Crippen LogP contribution in [0.25, 0.3) is 0 Å². The van der Waals surface area contributed by atoms with E-state index in [4.69, 9.17) is 0 Å². The number of nitrogens with zero attached hydrogens (tertiary/aromatic N) is 3. The quantitative estimate of drug-likeness (QED) is 0.300. The molecule has 0 aliphatic carbocycles. The summed E-state index contributed by atoms with van der Waals surface area (Å²) in [6.07, 6.45) is 4.34. The number of guanidine groups is 1. The Hall–Kier alpha value is -1.39. The fourth-order valence-corrected chi connectivity index (χ4v) is 3.90. The highest BCUT2D eigenvalue weighted by Crippen LogP contribution is 2.22. The van der Waals surface area contributed by atoms with Crippen molar-refractivity contribution in [3.8, 4) is 0 Å². The molecule has 1 saturated heterocycles. The molecule has 3 rings (SSSR count). The van der Waals surface area contributed by atoms with E-state index in [1.165, 1.54) is 12.8 Å². The number of hydrogen-bond donors (Lipinski definition) is 3. The van der Waals surface area contributed by atoms with Gasteiger partial charge in [0.05, 0.1) is 13.1 Å². The summed E-state index contributed by atoms with van der Waals surface area (Å²) < 4.78 is 0. The van der Waals surface area contributed by atoms with Crippen LogP contribution < -0.4 is 15.5 Å². The Balaban J connectivity index is 0.00000280. The van der Waals surface area contributed by atoms with Gasteiger partial charge >= 0.3 is 0 Å². The molecule has 8 heteroatoms. The van der Waals surface area contributed by atoms with Crippen LogP contribution >= 0.6 is 35.3 Å². The van der Waals surface area contributed by atoms with E-state index >= 15 is 0 Å². The highest BCUT2D eigenvalue weighted by molar-refractivity contribution is 14.0. The zero-order chi connectivity index (χ0) is 19.1. The normalized spacial score (nSPS) is 16.4. The Kier molecular flexibility index (Phi) is 8.97. The summed E-state index contributed by atoms with van der Waals surface area (Å²) in [7, 11) is 0. The highest BCUT2D eigenvalue weighted by atomic mass is 127. The minimum atomic E-state index is -0.935. The van der Waals surface area contributed by atoms with E-state index in [9.17, 15) is 5.11 Å². The number of aromatic nitrogens is 1. The molecule has 0 saturated carbocycles. The van der Waals surface area contributed by atoms with Gasteiger partial charge in [-0.3, -0.25) is 0 Å². The van der Waals surface area contributed by atoms with Crippen molar-refractivity contribution in [2.75, 3.05) is 31.1 Å². The fraction of sp³-hybridized carbons (Fsp3) is 0.500. The van der Waals surface area contributed by atoms with E-state index in [2.05, 4.69) is 31.6 Å². The van der Waals surface area contributed by atoms with Crippen LogP contribution in [-0.4, -0.2) is 42.2 Å². The number of pyridine rings is 1. The number of aliphatic imine (C=N–C) groups is 1. The molecule has 3 N–H and O–H groups in total. The molecule has 28 heavy (non-hydrogen) atoms. The van der Waals surface area contributed by atoms with Crippen LogP contribution in [-0.2, 0) is 12.1 Å². The zero-order valence-electron chi connectivity index (χ0n) is 16.5. The second-order valence-electron chi connectivity index (χ2n) is 7.05. The SMILES string of the molecule is CCNC(=NCc1ccnc(N2CCCC2)c1)NCC(C)(O)c1ccsc1.I. The smallest absolute Gasteiger partial charge is 0.191 e. The van der Waals surface area contributed by atoms with Gasteiger partial charge in [-0.1, -0.05) is 0 Å². The molecular formula is C20H30IN5OS. The van der Waals surface area contributed by atoms with Crippen LogP contribution in [0, 0.1) is 0 Å². The first kappa shape index (κ1) is 22.9. The van der Waals surface area contributed by atoms with Crippen molar-refractivity contribution in [3.63, 3.8) is 0 Å².